The molecule has 140 valence electrons. The molecule has 1 aliphatic heterocycles. The van der Waals surface area contributed by atoms with E-state index < -0.39 is 0 Å². The standard InChI is InChI=1S/C21H29N3O2/c1-23(2)13-14-26-19-15-18(25)21(19)8-11-24(12-9-21)20-17-6-4-3-5-16(17)7-10-22-20/h3-7,10,18-19,25H,8-9,11-15H2,1-2H3/t18-,19+/m0/s1. The van der Waals surface area contributed by atoms with E-state index in [9.17, 15) is 5.11 Å². The minimum atomic E-state index is -0.227. The molecule has 0 radical (unpaired) electrons. The van der Waals surface area contributed by atoms with Crippen molar-refractivity contribution in [1.82, 2.24) is 9.88 Å². The average molecular weight is 355 g/mol. The molecule has 1 aliphatic carbocycles. The number of hydrogen-bond donors (Lipinski definition) is 1. The van der Waals surface area contributed by atoms with Crippen LogP contribution in [0.5, 0.6) is 0 Å². The van der Waals surface area contributed by atoms with Crippen LogP contribution in [0.4, 0.5) is 5.82 Å². The molecule has 1 N–H and O–H groups in total. The normalized spacial score (nSPS) is 25.0. The van der Waals surface area contributed by atoms with Gasteiger partial charge in [-0.25, -0.2) is 4.98 Å². The number of aromatic nitrogens is 1. The highest BCUT2D eigenvalue weighted by Crippen LogP contribution is 2.51. The van der Waals surface area contributed by atoms with Crippen LogP contribution >= 0.6 is 0 Å². The first-order valence-electron chi connectivity index (χ1n) is 9.63. The highest BCUT2D eigenvalue weighted by Gasteiger charge is 2.56. The summed E-state index contributed by atoms with van der Waals surface area (Å²) in [6.07, 6.45) is 4.57. The van der Waals surface area contributed by atoms with Crippen molar-refractivity contribution in [2.24, 2.45) is 5.41 Å². The summed E-state index contributed by atoms with van der Waals surface area (Å²) >= 11 is 0. The van der Waals surface area contributed by atoms with Gasteiger partial charge in [-0.1, -0.05) is 24.3 Å². The van der Waals surface area contributed by atoms with Gasteiger partial charge in [-0.05, 0) is 38.4 Å². The third-order valence-corrected chi connectivity index (χ3v) is 6.25. The summed E-state index contributed by atoms with van der Waals surface area (Å²) in [7, 11) is 4.12. The number of fused-ring (bicyclic) bond motifs is 1. The second-order valence-electron chi connectivity index (χ2n) is 7.99. The molecule has 1 aromatic heterocycles. The number of aliphatic hydroxyl groups excluding tert-OH is 1. The van der Waals surface area contributed by atoms with Gasteiger partial charge < -0.3 is 19.6 Å². The molecule has 5 heteroatoms. The molecule has 0 unspecified atom stereocenters. The Morgan fingerprint density at radius 2 is 2.00 bits per heavy atom. The first-order valence-corrected chi connectivity index (χ1v) is 9.63. The Hall–Kier alpha value is -1.69. The number of rotatable bonds is 5. The lowest BCUT2D eigenvalue weighted by atomic mass is 9.58. The molecule has 2 fully saturated rings. The Kier molecular flexibility index (Phi) is 4.86. The van der Waals surface area contributed by atoms with E-state index in [1.807, 2.05) is 6.20 Å². The second kappa shape index (κ2) is 7.14. The average Bonchev–Trinajstić information content (AvgIpc) is 2.67. The van der Waals surface area contributed by atoms with Crippen LogP contribution in [0.1, 0.15) is 19.3 Å². The lowest BCUT2D eigenvalue weighted by Crippen LogP contribution is -2.62. The maximum atomic E-state index is 10.5. The minimum Gasteiger partial charge on any atom is -0.392 e. The maximum absolute atomic E-state index is 10.5. The Balaban J connectivity index is 1.44. The molecular formula is C21H29N3O2. The van der Waals surface area contributed by atoms with Gasteiger partial charge in [0.2, 0.25) is 0 Å². The van der Waals surface area contributed by atoms with Crippen molar-refractivity contribution in [3.05, 3.63) is 36.5 Å². The van der Waals surface area contributed by atoms with Crippen LogP contribution in [0.2, 0.25) is 0 Å². The number of aliphatic hydroxyl groups is 1. The lowest BCUT2D eigenvalue weighted by molar-refractivity contribution is -0.202. The van der Waals surface area contributed by atoms with E-state index >= 15 is 0 Å². The fourth-order valence-corrected chi connectivity index (χ4v) is 4.48. The smallest absolute Gasteiger partial charge is 0.136 e. The summed E-state index contributed by atoms with van der Waals surface area (Å²) < 4.78 is 6.13. The number of benzene rings is 1. The third kappa shape index (κ3) is 3.08. The van der Waals surface area contributed by atoms with E-state index in [2.05, 4.69) is 59.2 Å². The number of ether oxygens (including phenoxy) is 1. The fraction of sp³-hybridized carbons (Fsp3) is 0.571. The second-order valence-corrected chi connectivity index (χ2v) is 7.99. The Bertz CT molecular complexity index is 751. The van der Waals surface area contributed by atoms with Crippen LogP contribution in [-0.2, 0) is 4.74 Å². The van der Waals surface area contributed by atoms with E-state index in [1.54, 1.807) is 0 Å². The Labute approximate surface area is 155 Å². The van der Waals surface area contributed by atoms with Gasteiger partial charge in [0.1, 0.15) is 5.82 Å². The number of piperidine rings is 1. The van der Waals surface area contributed by atoms with Crippen molar-refractivity contribution < 1.29 is 9.84 Å². The van der Waals surface area contributed by atoms with E-state index in [1.165, 1.54) is 10.8 Å². The predicted molar refractivity (Wildman–Crippen MR) is 105 cm³/mol. The Morgan fingerprint density at radius 3 is 2.73 bits per heavy atom. The summed E-state index contributed by atoms with van der Waals surface area (Å²) in [6.45, 7) is 3.51. The molecule has 2 aromatic rings. The minimum absolute atomic E-state index is 0.0621. The quantitative estimate of drug-likeness (QED) is 0.893. The van der Waals surface area contributed by atoms with Crippen molar-refractivity contribution in [1.29, 1.82) is 0 Å². The van der Waals surface area contributed by atoms with Gasteiger partial charge in [0.15, 0.2) is 0 Å². The summed E-state index contributed by atoms with van der Waals surface area (Å²) in [5.74, 6) is 1.07. The summed E-state index contributed by atoms with van der Waals surface area (Å²) in [6, 6.07) is 10.5. The molecule has 1 saturated carbocycles. The molecule has 0 bridgehead atoms. The van der Waals surface area contributed by atoms with Crippen molar-refractivity contribution in [2.45, 2.75) is 31.5 Å². The van der Waals surface area contributed by atoms with Gasteiger partial charge >= 0.3 is 0 Å². The molecule has 5 nitrogen and oxygen atoms in total. The van der Waals surface area contributed by atoms with Crippen molar-refractivity contribution >= 4 is 16.6 Å². The highest BCUT2D eigenvalue weighted by atomic mass is 16.5. The maximum Gasteiger partial charge on any atom is 0.136 e. The molecule has 4 rings (SSSR count). The number of nitrogens with zero attached hydrogens (tertiary/aromatic N) is 3. The van der Waals surface area contributed by atoms with E-state index in [0.717, 1.165) is 51.3 Å². The van der Waals surface area contributed by atoms with Gasteiger partial charge in [0.05, 0.1) is 18.8 Å². The summed E-state index contributed by atoms with van der Waals surface area (Å²) in [5, 5.41) is 12.9. The van der Waals surface area contributed by atoms with Crippen molar-refractivity contribution in [3.8, 4) is 0 Å². The van der Waals surface area contributed by atoms with Crippen molar-refractivity contribution in [3.63, 3.8) is 0 Å². The van der Waals surface area contributed by atoms with Crippen LogP contribution in [0.15, 0.2) is 36.5 Å². The lowest BCUT2D eigenvalue weighted by Gasteiger charge is -2.56. The number of anilines is 1. The van der Waals surface area contributed by atoms with E-state index in [0.29, 0.717) is 0 Å². The molecule has 26 heavy (non-hydrogen) atoms. The SMILES string of the molecule is CN(C)CCO[C@@H]1C[C@H](O)C12CCN(c1nccc3ccccc13)CC2. The zero-order valence-electron chi connectivity index (χ0n) is 15.8. The van der Waals surface area contributed by atoms with E-state index in [-0.39, 0.29) is 17.6 Å². The summed E-state index contributed by atoms with van der Waals surface area (Å²) in [5.41, 5.74) is -0.0621. The van der Waals surface area contributed by atoms with Crippen molar-refractivity contribution in [2.75, 3.05) is 45.2 Å². The largest absolute Gasteiger partial charge is 0.392 e. The van der Waals surface area contributed by atoms with Crippen LogP contribution in [0.25, 0.3) is 10.8 Å². The zero-order valence-corrected chi connectivity index (χ0v) is 15.8. The monoisotopic (exact) mass is 355 g/mol. The first kappa shape index (κ1) is 17.7. The molecule has 0 amide bonds. The molecular weight excluding hydrogens is 326 g/mol. The topological polar surface area (TPSA) is 48.8 Å². The number of likely N-dealkylation sites (N-methyl/N-ethyl adjacent to an activating group) is 1. The third-order valence-electron chi connectivity index (χ3n) is 6.25. The highest BCUT2D eigenvalue weighted by molar-refractivity contribution is 5.92. The predicted octanol–water partition coefficient (Wildman–Crippen LogP) is 2.53. The van der Waals surface area contributed by atoms with Crippen LogP contribution < -0.4 is 4.90 Å². The first-order chi connectivity index (χ1) is 12.6. The zero-order chi connectivity index (χ0) is 18.1. The van der Waals surface area contributed by atoms with Gasteiger partial charge in [-0.2, -0.15) is 0 Å². The van der Waals surface area contributed by atoms with Gasteiger partial charge in [-0.3, -0.25) is 0 Å². The van der Waals surface area contributed by atoms with E-state index in [4.69, 9.17) is 4.74 Å². The van der Waals surface area contributed by atoms with Gasteiger partial charge in [0.25, 0.3) is 0 Å². The van der Waals surface area contributed by atoms with Crippen LogP contribution in [0, 0.1) is 5.41 Å². The van der Waals surface area contributed by atoms with Crippen LogP contribution in [-0.4, -0.2) is 67.5 Å². The summed E-state index contributed by atoms with van der Waals surface area (Å²) in [4.78, 5) is 9.16. The molecule has 1 spiro atoms. The molecule has 2 heterocycles. The Morgan fingerprint density at radius 1 is 1.23 bits per heavy atom. The fourth-order valence-electron chi connectivity index (χ4n) is 4.48. The number of pyridine rings is 1. The van der Waals surface area contributed by atoms with Gasteiger partial charge in [-0.15, -0.1) is 0 Å². The number of hydrogen-bond acceptors (Lipinski definition) is 5. The molecule has 2 atom stereocenters. The molecule has 1 aromatic carbocycles. The molecule has 2 aliphatic rings. The van der Waals surface area contributed by atoms with Crippen LogP contribution in [0.3, 0.4) is 0 Å². The van der Waals surface area contributed by atoms with Gasteiger partial charge in [0, 0.05) is 43.1 Å². The molecule has 1 saturated heterocycles.